The molecule has 0 bridgehead atoms. The number of rotatable bonds is 5. The molecule has 0 saturated carbocycles. The summed E-state index contributed by atoms with van der Waals surface area (Å²) in [6, 6.07) is 1.02. The van der Waals surface area contributed by atoms with E-state index in [4.69, 9.17) is 28.9 Å². The zero-order chi connectivity index (χ0) is 22.4. The molecule has 1 aromatic heterocycles. The Bertz CT molecular complexity index is 923. The Hall–Kier alpha value is -2.64. The quantitative estimate of drug-likeness (QED) is 0.528. The number of hydrogen-bond acceptors (Lipinski definition) is 4. The van der Waals surface area contributed by atoms with E-state index in [0.717, 1.165) is 6.42 Å². The Kier molecular flexibility index (Phi) is 8.20. The van der Waals surface area contributed by atoms with Crippen LogP contribution >= 0.6 is 23.2 Å². The molecule has 2 heterocycles. The number of nitrogens with two attached hydrogens (primary N) is 1. The van der Waals surface area contributed by atoms with E-state index < -0.39 is 17.7 Å². The highest BCUT2D eigenvalue weighted by atomic mass is 35.5. The standard InChI is InChI=1S/C21H24Cl2N4O3/c1-12-4-7-18(13(2)5-6-17(23)14(3)22)27(11-12)21(30)20(29)26-16-8-15(19(24)28)9-25-10-16/h5-6,8-10,12,18H,2,4,7,11H2,1,3H3,(H2,24,28)(H,26,29)/b6-5-,17-14-/t12-,18+/m1/s1. The van der Waals surface area contributed by atoms with Gasteiger partial charge < -0.3 is 16.0 Å². The lowest BCUT2D eigenvalue weighted by atomic mass is 9.90. The fourth-order valence-electron chi connectivity index (χ4n) is 3.13. The first kappa shape index (κ1) is 23.6. The minimum Gasteiger partial charge on any atom is -0.366 e. The van der Waals surface area contributed by atoms with Crippen LogP contribution in [-0.4, -0.2) is 40.2 Å². The maximum Gasteiger partial charge on any atom is 0.313 e. The normalized spacial score (nSPS) is 19.9. The molecule has 2 rings (SSSR count). The fourth-order valence-corrected chi connectivity index (χ4v) is 3.25. The van der Waals surface area contributed by atoms with Crippen LogP contribution in [-0.2, 0) is 9.59 Å². The summed E-state index contributed by atoms with van der Waals surface area (Å²) in [5.74, 6) is -1.97. The van der Waals surface area contributed by atoms with Crippen molar-refractivity contribution < 1.29 is 14.4 Å². The molecule has 30 heavy (non-hydrogen) atoms. The molecule has 0 radical (unpaired) electrons. The molecule has 3 N–H and O–H groups in total. The van der Waals surface area contributed by atoms with E-state index in [2.05, 4.69) is 16.9 Å². The molecule has 9 heteroatoms. The molecule has 1 aliphatic heterocycles. The molecular formula is C21H24Cl2N4O3. The second-order valence-corrected chi connectivity index (χ2v) is 8.20. The number of carbonyl (C=O) groups is 3. The van der Waals surface area contributed by atoms with Gasteiger partial charge in [0.2, 0.25) is 5.91 Å². The van der Waals surface area contributed by atoms with Gasteiger partial charge in [0.15, 0.2) is 0 Å². The molecule has 7 nitrogen and oxygen atoms in total. The number of anilines is 1. The first-order valence-corrected chi connectivity index (χ1v) is 10.1. The summed E-state index contributed by atoms with van der Waals surface area (Å²) in [6.45, 7) is 8.15. The SMILES string of the molecule is C=C(/C=C\C(Cl)=C(/C)Cl)[C@@H]1CC[C@@H](C)CN1C(=O)C(=O)Nc1cncc(C(N)=O)c1. The van der Waals surface area contributed by atoms with Crippen molar-refractivity contribution in [3.8, 4) is 0 Å². The van der Waals surface area contributed by atoms with Crippen molar-refractivity contribution in [2.75, 3.05) is 11.9 Å². The zero-order valence-corrected chi connectivity index (χ0v) is 18.3. The molecule has 1 fully saturated rings. The van der Waals surface area contributed by atoms with Crippen molar-refractivity contribution in [3.63, 3.8) is 0 Å². The van der Waals surface area contributed by atoms with Gasteiger partial charge in [-0.05, 0) is 43.4 Å². The van der Waals surface area contributed by atoms with Gasteiger partial charge in [0.1, 0.15) is 0 Å². The van der Waals surface area contributed by atoms with Crippen molar-refractivity contribution >= 4 is 46.6 Å². The fraction of sp³-hybridized carbons (Fsp3) is 0.333. The summed E-state index contributed by atoms with van der Waals surface area (Å²) >= 11 is 11.9. The van der Waals surface area contributed by atoms with Crippen LogP contribution in [0.15, 0.2) is 52.8 Å². The molecule has 160 valence electrons. The number of piperidine rings is 1. The van der Waals surface area contributed by atoms with Gasteiger partial charge in [0, 0.05) is 17.8 Å². The van der Waals surface area contributed by atoms with Crippen LogP contribution in [0.4, 0.5) is 5.69 Å². The molecule has 1 aliphatic rings. The number of primary amides is 1. The van der Waals surface area contributed by atoms with E-state index in [1.54, 1.807) is 19.1 Å². The number of carbonyl (C=O) groups excluding carboxylic acids is 3. The number of allylic oxidation sites excluding steroid dienone is 3. The highest BCUT2D eigenvalue weighted by molar-refractivity contribution is 6.40. The first-order valence-electron chi connectivity index (χ1n) is 9.35. The predicted octanol–water partition coefficient (Wildman–Crippen LogP) is 3.57. The van der Waals surface area contributed by atoms with Crippen molar-refractivity contribution in [1.29, 1.82) is 0 Å². The second kappa shape index (κ2) is 10.4. The topological polar surface area (TPSA) is 105 Å². The predicted molar refractivity (Wildman–Crippen MR) is 118 cm³/mol. The van der Waals surface area contributed by atoms with Crippen LogP contribution in [0.3, 0.4) is 0 Å². The average molecular weight is 451 g/mol. The van der Waals surface area contributed by atoms with Crippen molar-refractivity contribution in [3.05, 3.63) is 58.4 Å². The van der Waals surface area contributed by atoms with Crippen LogP contribution in [0.1, 0.15) is 37.0 Å². The van der Waals surface area contributed by atoms with Gasteiger partial charge in [0.05, 0.1) is 28.5 Å². The van der Waals surface area contributed by atoms with E-state index in [-0.39, 0.29) is 23.2 Å². The van der Waals surface area contributed by atoms with E-state index >= 15 is 0 Å². The number of aromatic nitrogens is 1. The molecule has 0 unspecified atom stereocenters. The summed E-state index contributed by atoms with van der Waals surface area (Å²) in [6.07, 6.45) is 7.50. The number of pyridine rings is 1. The van der Waals surface area contributed by atoms with E-state index in [9.17, 15) is 14.4 Å². The maximum atomic E-state index is 12.9. The molecule has 0 spiro atoms. The Morgan fingerprint density at radius 1 is 1.27 bits per heavy atom. The number of halogens is 2. The lowest BCUT2D eigenvalue weighted by molar-refractivity contribution is -0.145. The molecule has 1 saturated heterocycles. The number of hydrogen-bond donors (Lipinski definition) is 2. The summed E-state index contributed by atoms with van der Waals surface area (Å²) in [4.78, 5) is 42.1. The summed E-state index contributed by atoms with van der Waals surface area (Å²) < 4.78 is 0. The minimum absolute atomic E-state index is 0.128. The third kappa shape index (κ3) is 6.18. The Morgan fingerprint density at radius 2 is 1.97 bits per heavy atom. The average Bonchev–Trinajstić information content (AvgIpc) is 2.71. The van der Waals surface area contributed by atoms with Crippen LogP contribution in [0, 0.1) is 5.92 Å². The monoisotopic (exact) mass is 450 g/mol. The minimum atomic E-state index is -0.830. The van der Waals surface area contributed by atoms with Gasteiger partial charge in [-0.2, -0.15) is 0 Å². The maximum absolute atomic E-state index is 12.9. The van der Waals surface area contributed by atoms with Gasteiger partial charge in [-0.1, -0.05) is 42.8 Å². The highest BCUT2D eigenvalue weighted by Crippen LogP contribution is 2.27. The van der Waals surface area contributed by atoms with E-state index in [1.165, 1.54) is 23.4 Å². The number of amides is 3. The van der Waals surface area contributed by atoms with Gasteiger partial charge in [-0.25, -0.2) is 0 Å². The zero-order valence-electron chi connectivity index (χ0n) is 16.8. The van der Waals surface area contributed by atoms with Crippen LogP contribution < -0.4 is 11.1 Å². The van der Waals surface area contributed by atoms with E-state index in [1.807, 2.05) is 6.92 Å². The van der Waals surface area contributed by atoms with Crippen LogP contribution in [0.25, 0.3) is 0 Å². The smallest absolute Gasteiger partial charge is 0.313 e. The van der Waals surface area contributed by atoms with Crippen molar-refractivity contribution in [1.82, 2.24) is 9.88 Å². The molecule has 0 aromatic carbocycles. The number of nitrogens with one attached hydrogen (secondary N) is 1. The Labute approximate surface area is 185 Å². The van der Waals surface area contributed by atoms with Gasteiger partial charge >= 0.3 is 11.8 Å². The van der Waals surface area contributed by atoms with Crippen molar-refractivity contribution in [2.24, 2.45) is 11.7 Å². The Morgan fingerprint density at radius 3 is 2.60 bits per heavy atom. The molecule has 2 atom stereocenters. The number of nitrogens with zero attached hydrogens (tertiary/aromatic N) is 2. The highest BCUT2D eigenvalue weighted by Gasteiger charge is 2.34. The lowest BCUT2D eigenvalue weighted by Gasteiger charge is -2.38. The van der Waals surface area contributed by atoms with E-state index in [0.29, 0.717) is 28.6 Å². The van der Waals surface area contributed by atoms with Crippen molar-refractivity contribution in [2.45, 2.75) is 32.7 Å². The van der Waals surface area contributed by atoms with Gasteiger partial charge in [-0.3, -0.25) is 19.4 Å². The lowest BCUT2D eigenvalue weighted by Crippen LogP contribution is -2.50. The molecule has 1 aromatic rings. The molecule has 3 amide bonds. The molecular weight excluding hydrogens is 427 g/mol. The van der Waals surface area contributed by atoms with Gasteiger partial charge in [0.25, 0.3) is 0 Å². The summed E-state index contributed by atoms with van der Waals surface area (Å²) in [7, 11) is 0. The summed E-state index contributed by atoms with van der Waals surface area (Å²) in [5.41, 5.74) is 6.21. The largest absolute Gasteiger partial charge is 0.366 e. The van der Waals surface area contributed by atoms with Crippen LogP contribution in [0.5, 0.6) is 0 Å². The Balaban J connectivity index is 2.18. The number of likely N-dealkylation sites (tertiary alicyclic amines) is 1. The second-order valence-electron chi connectivity index (χ2n) is 7.23. The van der Waals surface area contributed by atoms with Gasteiger partial charge in [-0.15, -0.1) is 0 Å². The third-order valence-electron chi connectivity index (χ3n) is 4.75. The first-order chi connectivity index (χ1) is 14.1. The molecule has 0 aliphatic carbocycles. The van der Waals surface area contributed by atoms with Crippen LogP contribution in [0.2, 0.25) is 0 Å². The summed E-state index contributed by atoms with van der Waals surface area (Å²) in [5, 5.41) is 3.30. The third-order valence-corrected chi connectivity index (χ3v) is 5.46.